The number of β-amino-alcohol motifs (C(OH)–C–C–N with tert-alkyl or cyclic N) is 1. The van der Waals surface area contributed by atoms with E-state index in [4.69, 9.17) is 0 Å². The predicted molar refractivity (Wildman–Crippen MR) is 88.0 cm³/mol. The molecule has 23 heavy (non-hydrogen) atoms. The lowest BCUT2D eigenvalue weighted by atomic mass is 9.93. The highest BCUT2D eigenvalue weighted by atomic mass is 16.3. The molecule has 3 fully saturated rings. The largest absolute Gasteiger partial charge is 0.508 e. The van der Waals surface area contributed by atoms with Crippen LogP contribution in [0.2, 0.25) is 0 Å². The van der Waals surface area contributed by atoms with Gasteiger partial charge in [0.1, 0.15) is 5.75 Å². The molecule has 4 rings (SSSR count). The van der Waals surface area contributed by atoms with Crippen molar-refractivity contribution in [3.63, 3.8) is 0 Å². The number of hydrogen-bond acceptors (Lipinski definition) is 4. The Kier molecular flexibility index (Phi) is 3.87. The van der Waals surface area contributed by atoms with Crippen molar-refractivity contribution in [2.24, 2.45) is 17.8 Å². The molecule has 3 aliphatic rings. The summed E-state index contributed by atoms with van der Waals surface area (Å²) in [6, 6.07) is 6.81. The summed E-state index contributed by atoms with van der Waals surface area (Å²) in [5.74, 6) is 2.19. The van der Waals surface area contributed by atoms with Crippen LogP contribution in [0.4, 0.5) is 0 Å². The van der Waals surface area contributed by atoms with Gasteiger partial charge in [-0.1, -0.05) is 25.0 Å². The molecular formula is C19H27NO3. The van der Waals surface area contributed by atoms with Crippen LogP contribution in [0, 0.1) is 17.8 Å². The fraction of sp³-hybridized carbons (Fsp3) is 0.684. The Labute approximate surface area is 137 Å². The summed E-state index contributed by atoms with van der Waals surface area (Å²) in [6.07, 6.45) is 5.00. The van der Waals surface area contributed by atoms with Gasteiger partial charge in [0, 0.05) is 19.6 Å². The first kappa shape index (κ1) is 15.4. The van der Waals surface area contributed by atoms with Gasteiger partial charge in [-0.3, -0.25) is 4.90 Å². The van der Waals surface area contributed by atoms with Gasteiger partial charge in [-0.25, -0.2) is 0 Å². The molecule has 1 heterocycles. The van der Waals surface area contributed by atoms with Crippen LogP contribution in [0.5, 0.6) is 5.75 Å². The molecule has 1 aromatic rings. The van der Waals surface area contributed by atoms with Crippen molar-refractivity contribution in [3.05, 3.63) is 29.8 Å². The number of aliphatic hydroxyl groups is 2. The average molecular weight is 317 g/mol. The number of benzene rings is 1. The Morgan fingerprint density at radius 2 is 1.70 bits per heavy atom. The zero-order chi connectivity index (χ0) is 16.0. The Bertz CT molecular complexity index is 540. The maximum Gasteiger partial charge on any atom is 0.115 e. The second-order valence-electron chi connectivity index (χ2n) is 8.13. The highest BCUT2D eigenvalue weighted by Gasteiger charge is 2.49. The molecule has 0 radical (unpaired) electrons. The van der Waals surface area contributed by atoms with Crippen molar-refractivity contribution >= 4 is 0 Å². The molecule has 0 spiro atoms. The van der Waals surface area contributed by atoms with Gasteiger partial charge in [-0.2, -0.15) is 0 Å². The number of aliphatic hydroxyl groups excluding tert-OH is 1. The van der Waals surface area contributed by atoms with Crippen LogP contribution in [0.15, 0.2) is 24.3 Å². The number of phenolic OH excluding ortho intramolecular Hbond substituents is 1. The molecule has 4 nitrogen and oxygen atoms in total. The van der Waals surface area contributed by atoms with Gasteiger partial charge in [0.25, 0.3) is 0 Å². The second kappa shape index (κ2) is 5.76. The van der Waals surface area contributed by atoms with E-state index in [1.807, 2.05) is 0 Å². The molecule has 0 aromatic heterocycles. The van der Waals surface area contributed by atoms with E-state index >= 15 is 0 Å². The molecule has 1 aliphatic heterocycles. The second-order valence-corrected chi connectivity index (χ2v) is 8.13. The summed E-state index contributed by atoms with van der Waals surface area (Å²) in [5.41, 5.74) is 0.447. The van der Waals surface area contributed by atoms with E-state index < -0.39 is 11.7 Å². The van der Waals surface area contributed by atoms with Crippen molar-refractivity contribution in [2.75, 3.05) is 19.6 Å². The average Bonchev–Trinajstić information content (AvgIpc) is 3.14. The molecule has 0 bridgehead atoms. The zero-order valence-electron chi connectivity index (χ0n) is 13.6. The molecule has 2 saturated carbocycles. The highest BCUT2D eigenvalue weighted by molar-refractivity contribution is 5.27. The summed E-state index contributed by atoms with van der Waals surface area (Å²) in [6.45, 7) is 2.62. The number of hydrogen-bond donors (Lipinski definition) is 3. The smallest absolute Gasteiger partial charge is 0.115 e. The van der Waals surface area contributed by atoms with Crippen LogP contribution in [0.1, 0.15) is 43.8 Å². The van der Waals surface area contributed by atoms with E-state index in [2.05, 4.69) is 4.90 Å². The minimum absolute atomic E-state index is 0.228. The van der Waals surface area contributed by atoms with Crippen LogP contribution in [0.3, 0.4) is 0 Å². The SMILES string of the molecule is Oc1ccc(C(O)CN2C[C@@H]3CC(O)(CC4CC4)C[C@@H]3C2)cc1. The number of nitrogens with zero attached hydrogens (tertiary/aromatic N) is 1. The van der Waals surface area contributed by atoms with Gasteiger partial charge in [-0.15, -0.1) is 0 Å². The summed E-state index contributed by atoms with van der Waals surface area (Å²) in [4.78, 5) is 2.34. The molecule has 2 unspecified atom stereocenters. The monoisotopic (exact) mass is 317 g/mol. The van der Waals surface area contributed by atoms with Crippen LogP contribution in [-0.4, -0.2) is 45.5 Å². The summed E-state index contributed by atoms with van der Waals surface area (Å²) in [7, 11) is 0. The normalized spacial score (nSPS) is 35.4. The van der Waals surface area contributed by atoms with Gasteiger partial charge >= 0.3 is 0 Å². The lowest BCUT2D eigenvalue weighted by Crippen LogP contribution is -2.32. The van der Waals surface area contributed by atoms with E-state index in [0.717, 1.165) is 43.8 Å². The number of rotatable bonds is 5. The summed E-state index contributed by atoms with van der Waals surface area (Å²) in [5, 5.41) is 30.5. The molecule has 3 N–H and O–H groups in total. The molecular weight excluding hydrogens is 290 g/mol. The molecule has 4 atom stereocenters. The highest BCUT2D eigenvalue weighted by Crippen LogP contribution is 2.49. The fourth-order valence-electron chi connectivity index (χ4n) is 4.78. The number of phenols is 1. The molecule has 1 saturated heterocycles. The lowest BCUT2D eigenvalue weighted by molar-refractivity contribution is 0.0194. The summed E-state index contributed by atoms with van der Waals surface area (Å²) < 4.78 is 0. The molecule has 4 heteroatoms. The van der Waals surface area contributed by atoms with Gasteiger partial charge in [0.05, 0.1) is 11.7 Å². The third-order valence-corrected chi connectivity index (χ3v) is 6.01. The van der Waals surface area contributed by atoms with E-state index in [0.29, 0.717) is 18.4 Å². The predicted octanol–water partition coefficient (Wildman–Crippen LogP) is 2.30. The van der Waals surface area contributed by atoms with Crippen LogP contribution in [-0.2, 0) is 0 Å². The maximum atomic E-state index is 10.8. The van der Waals surface area contributed by atoms with Crippen molar-refractivity contribution < 1.29 is 15.3 Å². The maximum absolute atomic E-state index is 10.8. The Morgan fingerprint density at radius 1 is 1.09 bits per heavy atom. The van der Waals surface area contributed by atoms with E-state index in [1.165, 1.54) is 12.8 Å². The minimum atomic E-state index is -0.514. The number of fused-ring (bicyclic) bond motifs is 1. The van der Waals surface area contributed by atoms with Gasteiger partial charge in [-0.05, 0) is 54.7 Å². The molecule has 126 valence electrons. The Morgan fingerprint density at radius 3 is 2.26 bits per heavy atom. The first-order valence-electron chi connectivity index (χ1n) is 8.92. The van der Waals surface area contributed by atoms with Crippen molar-refractivity contribution in [2.45, 2.75) is 43.8 Å². The van der Waals surface area contributed by atoms with Gasteiger partial charge in [0.2, 0.25) is 0 Å². The molecule has 2 aliphatic carbocycles. The van der Waals surface area contributed by atoms with Crippen molar-refractivity contribution in [1.82, 2.24) is 4.90 Å². The lowest BCUT2D eigenvalue weighted by Gasteiger charge is -2.27. The first-order valence-corrected chi connectivity index (χ1v) is 8.92. The first-order chi connectivity index (χ1) is 11.0. The third kappa shape index (κ3) is 3.39. The Balaban J connectivity index is 1.31. The van der Waals surface area contributed by atoms with E-state index in [-0.39, 0.29) is 5.75 Å². The molecule has 1 aromatic carbocycles. The van der Waals surface area contributed by atoms with Gasteiger partial charge in [0.15, 0.2) is 0 Å². The van der Waals surface area contributed by atoms with Crippen molar-refractivity contribution in [1.29, 1.82) is 0 Å². The van der Waals surface area contributed by atoms with Crippen LogP contribution >= 0.6 is 0 Å². The zero-order valence-corrected chi connectivity index (χ0v) is 13.6. The molecule has 0 amide bonds. The minimum Gasteiger partial charge on any atom is -0.508 e. The van der Waals surface area contributed by atoms with E-state index in [9.17, 15) is 15.3 Å². The van der Waals surface area contributed by atoms with Crippen LogP contribution < -0.4 is 0 Å². The standard InChI is InChI=1S/C19H27NO3/c21-17-5-3-14(4-6-17)18(22)12-20-10-15-8-19(23,7-13-1-2-13)9-16(15)11-20/h3-6,13,15-16,18,21-23H,1-2,7-12H2/t15-,16+,18?,19?. The number of likely N-dealkylation sites (tertiary alicyclic amines) is 1. The van der Waals surface area contributed by atoms with E-state index in [1.54, 1.807) is 24.3 Å². The topological polar surface area (TPSA) is 63.9 Å². The van der Waals surface area contributed by atoms with Crippen LogP contribution in [0.25, 0.3) is 0 Å². The summed E-state index contributed by atoms with van der Waals surface area (Å²) >= 11 is 0. The number of aromatic hydroxyl groups is 1. The Hall–Kier alpha value is -1.10. The quantitative estimate of drug-likeness (QED) is 0.780. The van der Waals surface area contributed by atoms with Crippen molar-refractivity contribution in [3.8, 4) is 5.75 Å². The fourth-order valence-corrected chi connectivity index (χ4v) is 4.78. The van der Waals surface area contributed by atoms with Gasteiger partial charge < -0.3 is 15.3 Å². The third-order valence-electron chi connectivity index (χ3n) is 6.01.